The number of hydrogen-bond acceptors (Lipinski definition) is 2. The maximum Gasteiger partial charge on any atom is 0.133 e. The lowest BCUT2D eigenvalue weighted by molar-refractivity contribution is -0.120. The van der Waals surface area contributed by atoms with E-state index in [0.29, 0.717) is 42.4 Å². The van der Waals surface area contributed by atoms with E-state index < -0.39 is 0 Å². The Morgan fingerprint density at radius 2 is 2.14 bits per heavy atom. The predicted molar refractivity (Wildman–Crippen MR) is 115 cm³/mol. The molecule has 2 aromatic rings. The fourth-order valence-electron chi connectivity index (χ4n) is 5.05. The van der Waals surface area contributed by atoms with Crippen LogP contribution >= 0.6 is 0 Å². The minimum absolute atomic E-state index is 0.183. The first kappa shape index (κ1) is 20.0. The van der Waals surface area contributed by atoms with Crippen LogP contribution in [0.2, 0.25) is 0 Å². The van der Waals surface area contributed by atoms with Gasteiger partial charge in [-0.05, 0) is 85.8 Å². The molecule has 2 aliphatic rings. The van der Waals surface area contributed by atoms with E-state index in [1.54, 1.807) is 13.0 Å². The monoisotopic (exact) mass is 391 g/mol. The minimum atomic E-state index is -0.183. The fourth-order valence-corrected chi connectivity index (χ4v) is 5.05. The van der Waals surface area contributed by atoms with Crippen molar-refractivity contribution >= 4 is 11.9 Å². The standard InChI is InChI=1S/C26H30FNO/c1-18-20(8-5-11-25(18)27)12-13-23(29)17-19-6-4-9-22(16-19)26-24-10-3-2-7-21(24)14-15-28-26/h3,5,8,10-11,14-15,19,22H,2,4,6-7,9,12-13,16-17H2,1H3/t19-,22?/m1/s1. The Hall–Kier alpha value is -2.29. The Bertz CT molecular complexity index is 917. The lowest BCUT2D eigenvalue weighted by Crippen LogP contribution is -2.19. The van der Waals surface area contributed by atoms with Crippen molar-refractivity contribution in [3.8, 4) is 0 Å². The van der Waals surface area contributed by atoms with Gasteiger partial charge in [0, 0.05) is 25.0 Å². The smallest absolute Gasteiger partial charge is 0.133 e. The van der Waals surface area contributed by atoms with E-state index in [1.165, 1.54) is 35.7 Å². The molecule has 3 heteroatoms. The number of pyridine rings is 1. The average Bonchev–Trinajstić information content (AvgIpc) is 2.74. The van der Waals surface area contributed by atoms with Gasteiger partial charge in [-0.3, -0.25) is 9.78 Å². The van der Waals surface area contributed by atoms with E-state index in [1.807, 2.05) is 12.3 Å². The summed E-state index contributed by atoms with van der Waals surface area (Å²) < 4.78 is 13.7. The molecular formula is C26H30FNO. The zero-order valence-corrected chi connectivity index (χ0v) is 17.3. The van der Waals surface area contributed by atoms with Gasteiger partial charge in [0.15, 0.2) is 0 Å². The molecule has 2 nitrogen and oxygen atoms in total. The third-order valence-corrected chi connectivity index (χ3v) is 6.72. The summed E-state index contributed by atoms with van der Waals surface area (Å²) in [5, 5.41) is 0. The molecule has 0 radical (unpaired) electrons. The number of aromatic nitrogens is 1. The second-order valence-corrected chi connectivity index (χ2v) is 8.71. The van der Waals surface area contributed by atoms with Crippen molar-refractivity contribution in [3.05, 3.63) is 70.3 Å². The summed E-state index contributed by atoms with van der Waals surface area (Å²) in [6.45, 7) is 1.79. The van der Waals surface area contributed by atoms with E-state index in [4.69, 9.17) is 4.98 Å². The highest BCUT2D eigenvalue weighted by molar-refractivity contribution is 5.79. The average molecular weight is 392 g/mol. The van der Waals surface area contributed by atoms with Crippen LogP contribution in [0.25, 0.3) is 6.08 Å². The molecular weight excluding hydrogens is 361 g/mol. The third-order valence-electron chi connectivity index (χ3n) is 6.72. The zero-order valence-electron chi connectivity index (χ0n) is 17.3. The molecule has 2 aliphatic carbocycles. The first-order valence-electron chi connectivity index (χ1n) is 11.0. The van der Waals surface area contributed by atoms with Crippen LogP contribution in [-0.4, -0.2) is 10.8 Å². The first-order chi connectivity index (χ1) is 14.1. The van der Waals surface area contributed by atoms with Crippen molar-refractivity contribution in [2.45, 2.75) is 70.6 Å². The molecule has 1 heterocycles. The molecule has 0 saturated heterocycles. The van der Waals surface area contributed by atoms with Gasteiger partial charge in [0.1, 0.15) is 11.6 Å². The van der Waals surface area contributed by atoms with Crippen LogP contribution in [0.3, 0.4) is 0 Å². The molecule has 0 N–H and O–H groups in total. The number of rotatable bonds is 6. The highest BCUT2D eigenvalue weighted by Gasteiger charge is 2.28. The van der Waals surface area contributed by atoms with E-state index in [-0.39, 0.29) is 5.82 Å². The quantitative estimate of drug-likeness (QED) is 0.574. The summed E-state index contributed by atoms with van der Waals surface area (Å²) in [4.78, 5) is 17.4. The van der Waals surface area contributed by atoms with Crippen LogP contribution in [0.1, 0.15) is 78.8 Å². The molecule has 1 saturated carbocycles. The predicted octanol–water partition coefficient (Wildman–Crippen LogP) is 6.35. The number of benzene rings is 1. The highest BCUT2D eigenvalue weighted by Crippen LogP contribution is 2.39. The number of hydrogen-bond donors (Lipinski definition) is 0. The number of carbonyl (C=O) groups is 1. The van der Waals surface area contributed by atoms with E-state index >= 15 is 0 Å². The number of aryl methyl sites for hydroxylation is 2. The van der Waals surface area contributed by atoms with Gasteiger partial charge in [0.2, 0.25) is 0 Å². The number of allylic oxidation sites excluding steroid dienone is 1. The van der Waals surface area contributed by atoms with Crippen LogP contribution in [0.5, 0.6) is 0 Å². The normalized spacial score (nSPS) is 21.0. The Morgan fingerprint density at radius 3 is 3.03 bits per heavy atom. The third kappa shape index (κ3) is 4.66. The van der Waals surface area contributed by atoms with Crippen LogP contribution in [0.15, 0.2) is 36.5 Å². The van der Waals surface area contributed by atoms with Crippen molar-refractivity contribution in [3.63, 3.8) is 0 Å². The number of fused-ring (bicyclic) bond motifs is 1. The fraction of sp³-hybridized carbons (Fsp3) is 0.462. The van der Waals surface area contributed by atoms with Crippen LogP contribution in [-0.2, 0) is 17.6 Å². The molecule has 29 heavy (non-hydrogen) atoms. The summed E-state index contributed by atoms with van der Waals surface area (Å²) in [6, 6.07) is 7.30. The molecule has 1 fully saturated rings. The minimum Gasteiger partial charge on any atom is -0.300 e. The molecule has 4 rings (SSSR count). The molecule has 0 amide bonds. The molecule has 2 atom stereocenters. The molecule has 1 aromatic heterocycles. The SMILES string of the molecule is Cc1c(F)cccc1CCC(=O)C[C@@H]1CCCC(c2nccc3c2C=CCC3)C1. The second kappa shape index (κ2) is 9.02. The largest absolute Gasteiger partial charge is 0.300 e. The molecule has 152 valence electrons. The topological polar surface area (TPSA) is 30.0 Å². The van der Waals surface area contributed by atoms with Crippen molar-refractivity contribution in [2.24, 2.45) is 5.92 Å². The van der Waals surface area contributed by atoms with E-state index in [9.17, 15) is 9.18 Å². The molecule has 0 spiro atoms. The Labute approximate surface area is 173 Å². The number of Topliss-reactive ketones (excluding diaryl/α,β-unsaturated/α-hetero) is 1. The summed E-state index contributed by atoms with van der Waals surface area (Å²) >= 11 is 0. The van der Waals surface area contributed by atoms with Gasteiger partial charge in [0.05, 0.1) is 5.69 Å². The van der Waals surface area contributed by atoms with Gasteiger partial charge in [-0.15, -0.1) is 0 Å². The van der Waals surface area contributed by atoms with Crippen molar-refractivity contribution in [2.75, 3.05) is 0 Å². The maximum absolute atomic E-state index is 13.7. The first-order valence-corrected chi connectivity index (χ1v) is 11.0. The van der Waals surface area contributed by atoms with Crippen molar-refractivity contribution in [1.29, 1.82) is 0 Å². The van der Waals surface area contributed by atoms with Crippen LogP contribution in [0, 0.1) is 18.7 Å². The van der Waals surface area contributed by atoms with Gasteiger partial charge in [-0.2, -0.15) is 0 Å². The number of ketones is 1. The second-order valence-electron chi connectivity index (χ2n) is 8.71. The summed E-state index contributed by atoms with van der Waals surface area (Å²) in [5.74, 6) is 1.03. The van der Waals surface area contributed by atoms with Gasteiger partial charge < -0.3 is 0 Å². The molecule has 0 bridgehead atoms. The Kier molecular flexibility index (Phi) is 6.22. The van der Waals surface area contributed by atoms with Crippen LogP contribution in [0.4, 0.5) is 4.39 Å². The lowest BCUT2D eigenvalue weighted by atomic mass is 9.75. The van der Waals surface area contributed by atoms with E-state index in [2.05, 4.69) is 18.2 Å². The van der Waals surface area contributed by atoms with Gasteiger partial charge in [-0.25, -0.2) is 4.39 Å². The summed E-state index contributed by atoms with van der Waals surface area (Å²) in [7, 11) is 0. The summed E-state index contributed by atoms with van der Waals surface area (Å²) in [6.07, 6.45) is 15.0. The molecule has 1 unspecified atom stereocenters. The lowest BCUT2D eigenvalue weighted by Gasteiger charge is -2.30. The zero-order chi connectivity index (χ0) is 20.2. The van der Waals surface area contributed by atoms with Crippen LogP contribution < -0.4 is 0 Å². The number of carbonyl (C=O) groups excluding carboxylic acids is 1. The summed E-state index contributed by atoms with van der Waals surface area (Å²) in [5.41, 5.74) is 5.61. The number of nitrogens with zero attached hydrogens (tertiary/aromatic N) is 1. The Morgan fingerprint density at radius 1 is 1.24 bits per heavy atom. The van der Waals surface area contributed by atoms with Gasteiger partial charge in [0.25, 0.3) is 0 Å². The van der Waals surface area contributed by atoms with Crippen molar-refractivity contribution < 1.29 is 9.18 Å². The molecule has 0 aliphatic heterocycles. The maximum atomic E-state index is 13.7. The van der Waals surface area contributed by atoms with Gasteiger partial charge in [-0.1, -0.05) is 30.7 Å². The van der Waals surface area contributed by atoms with Crippen molar-refractivity contribution in [1.82, 2.24) is 4.98 Å². The molecule has 1 aromatic carbocycles. The Balaban J connectivity index is 1.36. The van der Waals surface area contributed by atoms with Gasteiger partial charge >= 0.3 is 0 Å². The highest BCUT2D eigenvalue weighted by atomic mass is 19.1. The number of halogens is 1. The van der Waals surface area contributed by atoms with E-state index in [0.717, 1.165) is 31.2 Å².